The highest BCUT2D eigenvalue weighted by Crippen LogP contribution is 2.19. The second-order valence-corrected chi connectivity index (χ2v) is 3.05. The molecular weight excluding hydrogens is 176 g/mol. The molecule has 0 N–H and O–H groups in total. The summed E-state index contributed by atoms with van der Waals surface area (Å²) in [4.78, 5) is 7.52. The van der Waals surface area contributed by atoms with E-state index >= 15 is 0 Å². The summed E-state index contributed by atoms with van der Waals surface area (Å²) in [6.45, 7) is 11.6. The predicted octanol–water partition coefficient (Wildman–Crippen LogP) is 2.31. The molecule has 0 saturated heterocycles. The first kappa shape index (κ1) is 8.70. The molecule has 0 spiro atoms. The molecule has 0 fully saturated rings. The largest absolute Gasteiger partial charge is 0.361 e. The summed E-state index contributed by atoms with van der Waals surface area (Å²) in [5, 5.41) is 4.33. The van der Waals surface area contributed by atoms with Gasteiger partial charge in [-0.1, -0.05) is 6.57 Å². The molecule has 0 saturated carbocycles. The standard InChI is InChI=1S/C10H10N4/c1-4-14-8-5-6-9(11-3)12-10(8)7(2)13-14/h5-6H,4H2,1-2H3. The van der Waals surface area contributed by atoms with Crippen LogP contribution in [-0.2, 0) is 6.54 Å². The predicted molar refractivity (Wildman–Crippen MR) is 54.2 cm³/mol. The Morgan fingerprint density at radius 2 is 2.29 bits per heavy atom. The zero-order valence-electron chi connectivity index (χ0n) is 8.15. The van der Waals surface area contributed by atoms with Crippen LogP contribution in [0.3, 0.4) is 0 Å². The van der Waals surface area contributed by atoms with Crippen molar-refractivity contribution in [1.82, 2.24) is 14.8 Å². The molecule has 0 radical (unpaired) electrons. The van der Waals surface area contributed by atoms with Crippen LogP contribution in [0.4, 0.5) is 5.82 Å². The van der Waals surface area contributed by atoms with Gasteiger partial charge in [-0.2, -0.15) is 5.10 Å². The van der Waals surface area contributed by atoms with E-state index in [1.807, 2.05) is 24.6 Å². The van der Waals surface area contributed by atoms with Crippen molar-refractivity contribution in [3.8, 4) is 0 Å². The molecule has 4 heteroatoms. The van der Waals surface area contributed by atoms with Gasteiger partial charge in [-0.3, -0.25) is 4.68 Å². The minimum absolute atomic E-state index is 0.427. The smallest absolute Gasteiger partial charge is 0.270 e. The number of hydrogen-bond acceptors (Lipinski definition) is 2. The fourth-order valence-electron chi connectivity index (χ4n) is 1.50. The summed E-state index contributed by atoms with van der Waals surface area (Å²) >= 11 is 0. The maximum absolute atomic E-state index is 6.88. The van der Waals surface area contributed by atoms with Gasteiger partial charge in [0, 0.05) is 6.54 Å². The monoisotopic (exact) mass is 186 g/mol. The number of rotatable bonds is 1. The van der Waals surface area contributed by atoms with Crippen LogP contribution in [0.25, 0.3) is 15.9 Å². The lowest BCUT2D eigenvalue weighted by atomic mass is 10.3. The lowest BCUT2D eigenvalue weighted by Crippen LogP contribution is -1.95. The molecular formula is C10H10N4. The van der Waals surface area contributed by atoms with E-state index in [0.717, 1.165) is 23.3 Å². The molecule has 0 amide bonds. The van der Waals surface area contributed by atoms with Gasteiger partial charge in [0.25, 0.3) is 5.82 Å². The summed E-state index contributed by atoms with van der Waals surface area (Å²) < 4.78 is 1.89. The van der Waals surface area contributed by atoms with Crippen LogP contribution in [0, 0.1) is 13.5 Å². The van der Waals surface area contributed by atoms with Crippen molar-refractivity contribution in [3.63, 3.8) is 0 Å². The molecule has 0 bridgehead atoms. The van der Waals surface area contributed by atoms with Crippen molar-refractivity contribution in [3.05, 3.63) is 29.2 Å². The summed E-state index contributed by atoms with van der Waals surface area (Å²) in [6, 6.07) is 3.63. The Hall–Kier alpha value is -1.89. The van der Waals surface area contributed by atoms with Gasteiger partial charge >= 0.3 is 0 Å². The molecule has 70 valence electrons. The molecule has 0 aliphatic heterocycles. The second-order valence-electron chi connectivity index (χ2n) is 3.05. The summed E-state index contributed by atoms with van der Waals surface area (Å²) in [7, 11) is 0. The molecule has 4 nitrogen and oxygen atoms in total. The Bertz CT molecular complexity index is 519. The van der Waals surface area contributed by atoms with Crippen molar-refractivity contribution < 1.29 is 0 Å². The van der Waals surface area contributed by atoms with E-state index in [2.05, 4.69) is 14.9 Å². The van der Waals surface area contributed by atoms with Gasteiger partial charge in [-0.05, 0) is 26.0 Å². The van der Waals surface area contributed by atoms with Crippen molar-refractivity contribution >= 4 is 16.9 Å². The average molecular weight is 186 g/mol. The molecule has 2 heterocycles. The molecule has 0 aromatic carbocycles. The van der Waals surface area contributed by atoms with Crippen LogP contribution in [-0.4, -0.2) is 14.8 Å². The Balaban J connectivity index is 2.78. The van der Waals surface area contributed by atoms with E-state index < -0.39 is 0 Å². The first-order valence-corrected chi connectivity index (χ1v) is 4.48. The van der Waals surface area contributed by atoms with Gasteiger partial charge in [0.1, 0.15) is 11.2 Å². The highest BCUT2D eigenvalue weighted by molar-refractivity contribution is 5.79. The number of aromatic nitrogens is 3. The van der Waals surface area contributed by atoms with Crippen LogP contribution in [0.2, 0.25) is 0 Å². The minimum Gasteiger partial charge on any atom is -0.361 e. The molecule has 2 rings (SSSR count). The first-order chi connectivity index (χ1) is 6.76. The third-order valence-electron chi connectivity index (χ3n) is 2.16. The molecule has 0 aliphatic carbocycles. The van der Waals surface area contributed by atoms with Crippen LogP contribution in [0.1, 0.15) is 12.6 Å². The molecule has 0 aliphatic rings. The van der Waals surface area contributed by atoms with Gasteiger partial charge in [0.2, 0.25) is 5.52 Å². The van der Waals surface area contributed by atoms with Crippen LogP contribution in [0.5, 0.6) is 0 Å². The lowest BCUT2D eigenvalue weighted by molar-refractivity contribution is 0.676. The van der Waals surface area contributed by atoms with Gasteiger partial charge in [0.15, 0.2) is 0 Å². The number of nitrogens with zero attached hydrogens (tertiary/aromatic N) is 4. The Morgan fingerprint density at radius 1 is 1.50 bits per heavy atom. The number of pyridine rings is 1. The molecule has 14 heavy (non-hydrogen) atoms. The van der Waals surface area contributed by atoms with Crippen molar-refractivity contribution in [1.29, 1.82) is 0 Å². The summed E-state index contributed by atoms with van der Waals surface area (Å²) in [5.41, 5.74) is 2.71. The van der Waals surface area contributed by atoms with Crippen molar-refractivity contribution in [2.75, 3.05) is 0 Å². The zero-order chi connectivity index (χ0) is 10.1. The van der Waals surface area contributed by atoms with Gasteiger partial charge < -0.3 is 4.85 Å². The van der Waals surface area contributed by atoms with E-state index in [9.17, 15) is 0 Å². The number of fused-ring (bicyclic) bond motifs is 1. The minimum atomic E-state index is 0.427. The number of aryl methyl sites for hydroxylation is 2. The quantitative estimate of drug-likeness (QED) is 0.640. The molecule has 0 unspecified atom stereocenters. The highest BCUT2D eigenvalue weighted by Gasteiger charge is 2.10. The van der Waals surface area contributed by atoms with Crippen LogP contribution in [0.15, 0.2) is 12.1 Å². The normalized spacial score (nSPS) is 10.4. The first-order valence-electron chi connectivity index (χ1n) is 4.48. The lowest BCUT2D eigenvalue weighted by Gasteiger charge is -1.95. The Labute approximate surface area is 82.0 Å². The maximum atomic E-state index is 6.88. The number of hydrogen-bond donors (Lipinski definition) is 0. The topological polar surface area (TPSA) is 35.1 Å². The average Bonchev–Trinajstić information content (AvgIpc) is 2.55. The summed E-state index contributed by atoms with van der Waals surface area (Å²) in [5.74, 6) is 0.427. The van der Waals surface area contributed by atoms with Crippen molar-refractivity contribution in [2.24, 2.45) is 0 Å². The zero-order valence-corrected chi connectivity index (χ0v) is 8.15. The molecule has 0 atom stereocenters. The van der Waals surface area contributed by atoms with Gasteiger partial charge in [0.05, 0.1) is 0 Å². The Morgan fingerprint density at radius 3 is 2.93 bits per heavy atom. The fraction of sp³-hybridized carbons (Fsp3) is 0.300. The summed E-state index contributed by atoms with van der Waals surface area (Å²) in [6.07, 6.45) is 0. The molecule has 2 aromatic heterocycles. The van der Waals surface area contributed by atoms with E-state index in [4.69, 9.17) is 6.57 Å². The van der Waals surface area contributed by atoms with E-state index in [1.54, 1.807) is 6.07 Å². The van der Waals surface area contributed by atoms with E-state index in [0.29, 0.717) is 5.82 Å². The third kappa shape index (κ3) is 1.14. The highest BCUT2D eigenvalue weighted by atomic mass is 15.3. The maximum Gasteiger partial charge on any atom is 0.270 e. The second kappa shape index (κ2) is 3.11. The Kier molecular flexibility index (Phi) is 1.93. The van der Waals surface area contributed by atoms with E-state index in [-0.39, 0.29) is 0 Å². The SMILES string of the molecule is [C-]#[N+]c1ccc2c(n1)c(C)nn2CC. The fourth-order valence-corrected chi connectivity index (χ4v) is 1.50. The molecule has 2 aromatic rings. The third-order valence-corrected chi connectivity index (χ3v) is 2.16. The van der Waals surface area contributed by atoms with Crippen LogP contribution >= 0.6 is 0 Å². The van der Waals surface area contributed by atoms with Crippen molar-refractivity contribution in [2.45, 2.75) is 20.4 Å². The van der Waals surface area contributed by atoms with Crippen LogP contribution < -0.4 is 0 Å². The van der Waals surface area contributed by atoms with Gasteiger partial charge in [-0.15, -0.1) is 4.98 Å². The van der Waals surface area contributed by atoms with E-state index in [1.165, 1.54) is 0 Å². The van der Waals surface area contributed by atoms with Gasteiger partial charge in [-0.25, -0.2) is 0 Å².